The molecule has 1 aromatic heterocycles. The molecule has 0 spiro atoms. The number of hydrogen-bond acceptors (Lipinski definition) is 3. The molecular formula is C8H15N3O. The zero-order valence-corrected chi connectivity index (χ0v) is 7.76. The van der Waals surface area contributed by atoms with Crippen molar-refractivity contribution in [1.29, 1.82) is 0 Å². The van der Waals surface area contributed by atoms with Crippen LogP contribution in [0.15, 0.2) is 0 Å². The monoisotopic (exact) mass is 169 g/mol. The lowest BCUT2D eigenvalue weighted by Gasteiger charge is -2.15. The highest BCUT2D eigenvalue weighted by Crippen LogP contribution is 2.12. The molecule has 0 atom stereocenters. The Morgan fingerprint density at radius 2 is 2.17 bits per heavy atom. The van der Waals surface area contributed by atoms with E-state index in [2.05, 4.69) is 15.4 Å². The largest absolute Gasteiger partial charge is 0.390 e. The van der Waals surface area contributed by atoms with Gasteiger partial charge in [-0.05, 0) is 20.3 Å². The minimum Gasteiger partial charge on any atom is -0.390 e. The maximum absolute atomic E-state index is 9.53. The van der Waals surface area contributed by atoms with E-state index in [9.17, 15) is 5.11 Å². The molecule has 0 aromatic carbocycles. The number of hydrogen-bond donors (Lipinski definition) is 2. The van der Waals surface area contributed by atoms with Crippen LogP contribution in [0.4, 0.5) is 0 Å². The Morgan fingerprint density at radius 3 is 2.67 bits per heavy atom. The minimum atomic E-state index is -0.708. The second kappa shape index (κ2) is 3.23. The Kier molecular flexibility index (Phi) is 2.47. The van der Waals surface area contributed by atoms with E-state index in [-0.39, 0.29) is 0 Å². The molecule has 0 fully saturated rings. The van der Waals surface area contributed by atoms with Gasteiger partial charge in [0, 0.05) is 6.42 Å². The van der Waals surface area contributed by atoms with E-state index in [1.807, 2.05) is 6.92 Å². The van der Waals surface area contributed by atoms with Gasteiger partial charge < -0.3 is 5.11 Å². The molecule has 0 amide bonds. The lowest BCUT2D eigenvalue weighted by Crippen LogP contribution is -2.22. The van der Waals surface area contributed by atoms with Gasteiger partial charge in [0.25, 0.3) is 0 Å². The van der Waals surface area contributed by atoms with Gasteiger partial charge in [0.05, 0.1) is 17.0 Å². The molecule has 1 rings (SSSR count). The highest BCUT2D eigenvalue weighted by Gasteiger charge is 2.17. The topological polar surface area (TPSA) is 61.8 Å². The highest BCUT2D eigenvalue weighted by atomic mass is 16.3. The molecule has 1 aromatic rings. The number of nitrogens with zero attached hydrogens (tertiary/aromatic N) is 2. The second-order valence-electron chi connectivity index (χ2n) is 3.58. The number of nitrogens with one attached hydrogen (secondary N) is 1. The fraction of sp³-hybridized carbons (Fsp3) is 0.750. The Hall–Kier alpha value is -0.900. The van der Waals surface area contributed by atoms with Crippen LogP contribution in [-0.4, -0.2) is 26.1 Å². The summed E-state index contributed by atoms with van der Waals surface area (Å²) in [6.45, 7) is 5.56. The smallest absolute Gasteiger partial charge is 0.0884 e. The molecule has 0 bridgehead atoms. The number of aromatic nitrogens is 3. The predicted octanol–water partition coefficient (Wildman–Crippen LogP) is 0.680. The SMILES string of the molecule is CCc1[nH]nnc1CC(C)(C)O. The van der Waals surface area contributed by atoms with Gasteiger partial charge in [0.1, 0.15) is 0 Å². The second-order valence-corrected chi connectivity index (χ2v) is 3.58. The molecule has 0 saturated carbocycles. The van der Waals surface area contributed by atoms with Crippen LogP contribution in [0.25, 0.3) is 0 Å². The molecule has 0 radical (unpaired) electrons. The van der Waals surface area contributed by atoms with E-state index in [1.54, 1.807) is 13.8 Å². The number of aryl methyl sites for hydroxylation is 1. The van der Waals surface area contributed by atoms with Crippen molar-refractivity contribution in [3.63, 3.8) is 0 Å². The summed E-state index contributed by atoms with van der Waals surface area (Å²) in [5, 5.41) is 19.9. The summed E-state index contributed by atoms with van der Waals surface area (Å²) in [5.74, 6) is 0. The molecule has 0 aliphatic carbocycles. The Morgan fingerprint density at radius 1 is 1.50 bits per heavy atom. The van der Waals surface area contributed by atoms with Crippen LogP contribution in [0, 0.1) is 0 Å². The number of aromatic amines is 1. The van der Waals surface area contributed by atoms with Gasteiger partial charge >= 0.3 is 0 Å². The van der Waals surface area contributed by atoms with Crippen molar-refractivity contribution in [3.05, 3.63) is 11.4 Å². The summed E-state index contributed by atoms with van der Waals surface area (Å²) >= 11 is 0. The Labute approximate surface area is 72.0 Å². The Balaban J connectivity index is 2.75. The van der Waals surface area contributed by atoms with Gasteiger partial charge in [-0.3, -0.25) is 5.10 Å². The molecule has 2 N–H and O–H groups in total. The van der Waals surface area contributed by atoms with E-state index in [0.29, 0.717) is 6.42 Å². The number of rotatable bonds is 3. The first-order valence-electron chi connectivity index (χ1n) is 4.14. The molecule has 68 valence electrons. The average Bonchev–Trinajstić information content (AvgIpc) is 2.31. The van der Waals surface area contributed by atoms with Crippen LogP contribution in [0.3, 0.4) is 0 Å². The molecule has 0 unspecified atom stereocenters. The standard InChI is InChI=1S/C8H15N3O/c1-4-6-7(10-11-9-6)5-8(2,3)12/h12H,4-5H2,1-3H3,(H,9,10,11). The third kappa shape index (κ3) is 2.30. The quantitative estimate of drug-likeness (QED) is 0.699. The van der Waals surface area contributed by atoms with Crippen molar-refractivity contribution in [2.24, 2.45) is 0 Å². The third-order valence-electron chi connectivity index (χ3n) is 1.66. The zero-order valence-electron chi connectivity index (χ0n) is 7.76. The van der Waals surface area contributed by atoms with E-state index in [0.717, 1.165) is 17.8 Å². The van der Waals surface area contributed by atoms with Crippen molar-refractivity contribution in [3.8, 4) is 0 Å². The molecular weight excluding hydrogens is 154 g/mol. The van der Waals surface area contributed by atoms with Crippen LogP contribution in [0.2, 0.25) is 0 Å². The molecule has 4 heteroatoms. The van der Waals surface area contributed by atoms with E-state index >= 15 is 0 Å². The molecule has 0 aliphatic rings. The van der Waals surface area contributed by atoms with Gasteiger partial charge in [0.2, 0.25) is 0 Å². The van der Waals surface area contributed by atoms with Crippen LogP contribution >= 0.6 is 0 Å². The summed E-state index contributed by atoms with van der Waals surface area (Å²) in [5.41, 5.74) is 1.17. The van der Waals surface area contributed by atoms with Gasteiger partial charge in [0.15, 0.2) is 0 Å². The van der Waals surface area contributed by atoms with E-state index in [4.69, 9.17) is 0 Å². The Bertz CT molecular complexity index is 249. The van der Waals surface area contributed by atoms with Crippen LogP contribution in [-0.2, 0) is 12.8 Å². The molecule has 4 nitrogen and oxygen atoms in total. The van der Waals surface area contributed by atoms with Crippen molar-refractivity contribution in [2.75, 3.05) is 0 Å². The van der Waals surface area contributed by atoms with Crippen molar-refractivity contribution in [1.82, 2.24) is 15.4 Å². The van der Waals surface area contributed by atoms with Crippen LogP contribution < -0.4 is 0 Å². The first-order valence-corrected chi connectivity index (χ1v) is 4.14. The third-order valence-corrected chi connectivity index (χ3v) is 1.66. The lowest BCUT2D eigenvalue weighted by molar-refractivity contribution is 0.0797. The van der Waals surface area contributed by atoms with Crippen molar-refractivity contribution < 1.29 is 5.11 Å². The summed E-state index contributed by atoms with van der Waals surface area (Å²) in [6.07, 6.45) is 1.42. The van der Waals surface area contributed by atoms with Gasteiger partial charge in [-0.2, -0.15) is 0 Å². The maximum atomic E-state index is 9.53. The number of H-pyrrole nitrogens is 1. The normalized spacial score (nSPS) is 12.0. The van der Waals surface area contributed by atoms with Gasteiger partial charge in [-0.15, -0.1) is 5.10 Å². The lowest BCUT2D eigenvalue weighted by atomic mass is 10.0. The summed E-state index contributed by atoms with van der Waals surface area (Å²) in [6, 6.07) is 0. The first kappa shape index (κ1) is 9.19. The summed E-state index contributed by atoms with van der Waals surface area (Å²) < 4.78 is 0. The van der Waals surface area contributed by atoms with Crippen molar-refractivity contribution >= 4 is 0 Å². The van der Waals surface area contributed by atoms with E-state index < -0.39 is 5.60 Å². The molecule has 1 heterocycles. The summed E-state index contributed by atoms with van der Waals surface area (Å²) in [7, 11) is 0. The predicted molar refractivity (Wildman–Crippen MR) is 45.8 cm³/mol. The fourth-order valence-electron chi connectivity index (χ4n) is 1.11. The molecule has 0 aliphatic heterocycles. The van der Waals surface area contributed by atoms with Crippen LogP contribution in [0.5, 0.6) is 0 Å². The van der Waals surface area contributed by atoms with Crippen LogP contribution in [0.1, 0.15) is 32.2 Å². The summed E-state index contributed by atoms with van der Waals surface area (Å²) in [4.78, 5) is 0. The fourth-order valence-corrected chi connectivity index (χ4v) is 1.11. The number of aliphatic hydroxyl groups is 1. The van der Waals surface area contributed by atoms with E-state index in [1.165, 1.54) is 0 Å². The zero-order chi connectivity index (χ0) is 9.19. The average molecular weight is 169 g/mol. The van der Waals surface area contributed by atoms with Crippen molar-refractivity contribution in [2.45, 2.75) is 39.2 Å². The minimum absolute atomic E-state index is 0.548. The highest BCUT2D eigenvalue weighted by molar-refractivity contribution is 5.10. The molecule has 12 heavy (non-hydrogen) atoms. The van der Waals surface area contributed by atoms with Gasteiger partial charge in [-0.1, -0.05) is 12.1 Å². The first-order chi connectivity index (χ1) is 5.53. The molecule has 0 saturated heterocycles. The van der Waals surface area contributed by atoms with Gasteiger partial charge in [-0.25, -0.2) is 0 Å². The maximum Gasteiger partial charge on any atom is 0.0884 e.